The highest BCUT2D eigenvalue weighted by molar-refractivity contribution is 5.71. The monoisotopic (exact) mass is 1030 g/mol. The number of rotatable bonds is 59. The molecule has 1 atom stereocenters. The maximum absolute atomic E-state index is 12.9. The van der Waals surface area contributed by atoms with Crippen LogP contribution in [0.1, 0.15) is 335 Å². The molecule has 0 radical (unpaired) electrons. The van der Waals surface area contributed by atoms with Crippen molar-refractivity contribution in [1.29, 1.82) is 0 Å². The van der Waals surface area contributed by atoms with Gasteiger partial charge in [-0.2, -0.15) is 0 Å². The Morgan fingerprint density at radius 3 is 0.851 bits per heavy atom. The Morgan fingerprint density at radius 1 is 0.284 bits per heavy atom. The second-order valence-electron chi connectivity index (χ2n) is 21.6. The summed E-state index contributed by atoms with van der Waals surface area (Å²) in [5.41, 5.74) is 0. The fraction of sp³-hybridized carbons (Fsp3) is 0.809. The molecule has 0 spiro atoms. The number of allylic oxidation sites excluding steroid dienone is 10. The zero-order valence-electron chi connectivity index (χ0n) is 49.4. The Morgan fingerprint density at radius 2 is 0.527 bits per heavy atom. The van der Waals surface area contributed by atoms with Gasteiger partial charge in [-0.25, -0.2) is 0 Å². The van der Waals surface area contributed by atoms with Gasteiger partial charge in [-0.1, -0.05) is 293 Å². The van der Waals surface area contributed by atoms with E-state index >= 15 is 0 Å². The zero-order chi connectivity index (χ0) is 53.6. The molecule has 0 aliphatic heterocycles. The molecule has 0 aromatic heterocycles. The van der Waals surface area contributed by atoms with Crippen LogP contribution in [-0.2, 0) is 28.6 Å². The molecule has 0 aliphatic carbocycles. The van der Waals surface area contributed by atoms with E-state index in [1.807, 2.05) is 0 Å². The van der Waals surface area contributed by atoms with E-state index in [2.05, 4.69) is 81.5 Å². The van der Waals surface area contributed by atoms with Crippen LogP contribution in [0.2, 0.25) is 0 Å². The first-order valence-electron chi connectivity index (χ1n) is 32.3. The lowest BCUT2D eigenvalue weighted by Crippen LogP contribution is -2.30. The quantitative estimate of drug-likeness (QED) is 0.0261. The molecule has 0 rings (SSSR count). The SMILES string of the molecule is CC/C=C\C/C=C\C/C=C\CCCCCCCCCC(=O)OC(COC(=O)CCCCCCCCC/C=C\C/C=C\CCCCC)COC(=O)CCCCCCCCCCCCCCCCCCCCCCCC. The summed E-state index contributed by atoms with van der Waals surface area (Å²) in [5, 5.41) is 0. The Balaban J connectivity index is 4.33. The summed E-state index contributed by atoms with van der Waals surface area (Å²) >= 11 is 0. The molecule has 74 heavy (non-hydrogen) atoms. The second-order valence-corrected chi connectivity index (χ2v) is 21.6. The summed E-state index contributed by atoms with van der Waals surface area (Å²) < 4.78 is 16.9. The maximum Gasteiger partial charge on any atom is 0.306 e. The lowest BCUT2D eigenvalue weighted by molar-refractivity contribution is -0.167. The predicted octanol–water partition coefficient (Wildman–Crippen LogP) is 21.9. The fourth-order valence-electron chi connectivity index (χ4n) is 9.43. The van der Waals surface area contributed by atoms with Crippen LogP contribution < -0.4 is 0 Å². The fourth-order valence-corrected chi connectivity index (χ4v) is 9.43. The maximum atomic E-state index is 12.9. The lowest BCUT2D eigenvalue weighted by atomic mass is 10.0. The predicted molar refractivity (Wildman–Crippen MR) is 321 cm³/mol. The Kier molecular flexibility index (Phi) is 60.2. The summed E-state index contributed by atoms with van der Waals surface area (Å²) in [5.74, 6) is -0.877. The van der Waals surface area contributed by atoms with Crippen LogP contribution >= 0.6 is 0 Å². The molecule has 0 aromatic carbocycles. The number of carbonyl (C=O) groups is 3. The van der Waals surface area contributed by atoms with Gasteiger partial charge in [-0.05, 0) is 83.5 Å². The van der Waals surface area contributed by atoms with Crippen molar-refractivity contribution in [2.45, 2.75) is 341 Å². The number of hydrogen-bond donors (Lipinski definition) is 0. The molecular weight excluding hydrogens is 913 g/mol. The first-order chi connectivity index (χ1) is 36.5. The summed E-state index contributed by atoms with van der Waals surface area (Å²) in [6, 6.07) is 0. The van der Waals surface area contributed by atoms with E-state index in [1.54, 1.807) is 0 Å². The van der Waals surface area contributed by atoms with Gasteiger partial charge in [-0.15, -0.1) is 0 Å². The van der Waals surface area contributed by atoms with Gasteiger partial charge in [-0.3, -0.25) is 14.4 Å². The molecular formula is C68H122O6. The highest BCUT2D eigenvalue weighted by atomic mass is 16.6. The number of ether oxygens (including phenoxy) is 3. The number of hydrogen-bond acceptors (Lipinski definition) is 6. The average molecular weight is 1040 g/mol. The van der Waals surface area contributed by atoms with E-state index in [1.165, 1.54) is 199 Å². The molecule has 0 aliphatic rings. The molecule has 0 saturated carbocycles. The van der Waals surface area contributed by atoms with E-state index < -0.39 is 6.10 Å². The third-order valence-electron chi connectivity index (χ3n) is 14.3. The molecule has 430 valence electrons. The number of esters is 3. The van der Waals surface area contributed by atoms with Crippen LogP contribution in [0.3, 0.4) is 0 Å². The number of unbranched alkanes of at least 4 members (excludes halogenated alkanes) is 38. The second kappa shape index (κ2) is 62.6. The zero-order valence-corrected chi connectivity index (χ0v) is 49.4. The van der Waals surface area contributed by atoms with Gasteiger partial charge in [0.05, 0.1) is 0 Å². The van der Waals surface area contributed by atoms with Crippen LogP contribution in [0.5, 0.6) is 0 Å². The Labute approximate surface area is 460 Å². The normalized spacial score (nSPS) is 12.4. The lowest BCUT2D eigenvalue weighted by Gasteiger charge is -2.18. The summed E-state index contributed by atoms with van der Waals surface area (Å²) in [4.78, 5) is 38.3. The van der Waals surface area contributed by atoms with Crippen molar-refractivity contribution in [3.8, 4) is 0 Å². The average Bonchev–Trinajstić information content (AvgIpc) is 3.40. The molecule has 0 N–H and O–H groups in total. The number of carbonyl (C=O) groups excluding carboxylic acids is 3. The highest BCUT2D eigenvalue weighted by Crippen LogP contribution is 2.17. The van der Waals surface area contributed by atoms with Gasteiger partial charge in [0.1, 0.15) is 13.2 Å². The summed E-state index contributed by atoms with van der Waals surface area (Å²) in [6.45, 7) is 6.54. The van der Waals surface area contributed by atoms with Gasteiger partial charge < -0.3 is 14.2 Å². The van der Waals surface area contributed by atoms with Gasteiger partial charge in [0.2, 0.25) is 0 Å². The smallest absolute Gasteiger partial charge is 0.306 e. The standard InChI is InChI=1S/C68H122O6/c1-4-7-10-13-16-19-22-25-28-31-32-33-34-35-38-40-43-46-49-52-55-58-61-67(70)73-64-65(74-68(71)62-59-56-53-50-47-44-41-37-30-27-24-21-18-15-12-9-6-3)63-72-66(69)60-57-54-51-48-45-42-39-36-29-26-23-20-17-14-11-8-5-2/h9,12,17-18,20-21,26-27,29-30,65H,4-8,10-11,13-16,19,22-25,28,31-64H2,1-3H3/b12-9-,20-17-,21-18-,29-26-,30-27-. The Hall–Kier alpha value is -2.89. The molecule has 0 aromatic rings. The summed E-state index contributed by atoms with van der Waals surface area (Å²) in [6.07, 6.45) is 79.4. The summed E-state index contributed by atoms with van der Waals surface area (Å²) in [7, 11) is 0. The van der Waals surface area contributed by atoms with Crippen molar-refractivity contribution in [2.24, 2.45) is 0 Å². The molecule has 6 heteroatoms. The van der Waals surface area contributed by atoms with E-state index in [4.69, 9.17) is 14.2 Å². The first-order valence-corrected chi connectivity index (χ1v) is 32.3. The molecule has 0 heterocycles. The highest BCUT2D eigenvalue weighted by Gasteiger charge is 2.19. The molecule has 0 saturated heterocycles. The van der Waals surface area contributed by atoms with Gasteiger partial charge in [0.15, 0.2) is 6.10 Å². The molecule has 0 fully saturated rings. The van der Waals surface area contributed by atoms with Crippen molar-refractivity contribution in [2.75, 3.05) is 13.2 Å². The van der Waals surface area contributed by atoms with Crippen molar-refractivity contribution in [1.82, 2.24) is 0 Å². The van der Waals surface area contributed by atoms with Crippen LogP contribution in [0.15, 0.2) is 60.8 Å². The van der Waals surface area contributed by atoms with Gasteiger partial charge in [0.25, 0.3) is 0 Å². The minimum atomic E-state index is -0.783. The molecule has 1 unspecified atom stereocenters. The van der Waals surface area contributed by atoms with E-state index in [0.29, 0.717) is 19.3 Å². The van der Waals surface area contributed by atoms with Crippen LogP contribution in [0, 0.1) is 0 Å². The van der Waals surface area contributed by atoms with E-state index in [0.717, 1.165) is 96.3 Å². The Bertz CT molecular complexity index is 1330. The van der Waals surface area contributed by atoms with Crippen LogP contribution in [-0.4, -0.2) is 37.2 Å². The van der Waals surface area contributed by atoms with Crippen LogP contribution in [0.25, 0.3) is 0 Å². The third-order valence-corrected chi connectivity index (χ3v) is 14.3. The van der Waals surface area contributed by atoms with Gasteiger partial charge in [0, 0.05) is 19.3 Å². The van der Waals surface area contributed by atoms with Crippen LogP contribution in [0.4, 0.5) is 0 Å². The van der Waals surface area contributed by atoms with E-state index in [-0.39, 0.29) is 31.1 Å². The third kappa shape index (κ3) is 60.0. The molecule has 0 amide bonds. The molecule has 6 nitrogen and oxygen atoms in total. The minimum absolute atomic E-state index is 0.0777. The van der Waals surface area contributed by atoms with Crippen molar-refractivity contribution in [3.05, 3.63) is 60.8 Å². The minimum Gasteiger partial charge on any atom is -0.462 e. The topological polar surface area (TPSA) is 78.9 Å². The van der Waals surface area contributed by atoms with Crippen molar-refractivity contribution >= 4 is 17.9 Å². The molecule has 0 bridgehead atoms. The van der Waals surface area contributed by atoms with Crippen molar-refractivity contribution in [3.63, 3.8) is 0 Å². The van der Waals surface area contributed by atoms with E-state index in [9.17, 15) is 14.4 Å². The largest absolute Gasteiger partial charge is 0.462 e. The van der Waals surface area contributed by atoms with Crippen molar-refractivity contribution < 1.29 is 28.6 Å². The van der Waals surface area contributed by atoms with Gasteiger partial charge >= 0.3 is 17.9 Å². The first kappa shape index (κ1) is 71.1.